The highest BCUT2D eigenvalue weighted by molar-refractivity contribution is 5.52. The first-order valence-electron chi connectivity index (χ1n) is 10.4. The fourth-order valence-electron chi connectivity index (χ4n) is 3.56. The van der Waals surface area contributed by atoms with Gasteiger partial charge in [-0.3, -0.25) is 0 Å². The van der Waals surface area contributed by atoms with E-state index in [9.17, 15) is 0 Å². The van der Waals surface area contributed by atoms with Crippen LogP contribution < -0.4 is 15.8 Å². The van der Waals surface area contributed by atoms with Crippen molar-refractivity contribution in [3.8, 4) is 5.75 Å². The van der Waals surface area contributed by atoms with Crippen molar-refractivity contribution in [1.82, 2.24) is 0 Å². The number of hydrogen-bond acceptors (Lipinski definition) is 3. The first-order chi connectivity index (χ1) is 13.7. The zero-order valence-corrected chi connectivity index (χ0v) is 16.9. The summed E-state index contributed by atoms with van der Waals surface area (Å²) in [6, 6.07) is 18.8. The van der Waals surface area contributed by atoms with Crippen LogP contribution in [0, 0.1) is 0 Å². The van der Waals surface area contributed by atoms with Crippen molar-refractivity contribution in [2.45, 2.75) is 51.0 Å². The van der Waals surface area contributed by atoms with Gasteiger partial charge >= 0.3 is 0 Å². The van der Waals surface area contributed by atoms with Gasteiger partial charge in [0.15, 0.2) is 0 Å². The second-order valence-corrected chi connectivity index (χ2v) is 7.49. The SMILES string of the molecule is CCCCCCCOc1ccc(C2(Nc3ccccc3)C=CC(N)=CC2)cc1. The Morgan fingerprint density at radius 1 is 0.964 bits per heavy atom. The molecule has 0 radical (unpaired) electrons. The second-order valence-electron chi connectivity index (χ2n) is 7.49. The molecule has 1 aliphatic carbocycles. The van der Waals surface area contributed by atoms with E-state index in [2.05, 4.69) is 60.8 Å². The number of unbranched alkanes of at least 4 members (excludes halogenated alkanes) is 4. The normalized spacial score (nSPS) is 18.5. The van der Waals surface area contributed by atoms with Gasteiger partial charge in [0.1, 0.15) is 5.75 Å². The van der Waals surface area contributed by atoms with Gasteiger partial charge in [-0.25, -0.2) is 0 Å². The van der Waals surface area contributed by atoms with Crippen LogP contribution in [0.2, 0.25) is 0 Å². The minimum absolute atomic E-state index is 0.303. The van der Waals surface area contributed by atoms with Crippen LogP contribution in [0.25, 0.3) is 0 Å². The number of allylic oxidation sites excluding steroid dienone is 1. The maximum absolute atomic E-state index is 5.98. The maximum atomic E-state index is 5.98. The van der Waals surface area contributed by atoms with Crippen LogP contribution in [-0.2, 0) is 5.54 Å². The predicted octanol–water partition coefficient (Wildman–Crippen LogP) is 6.15. The summed E-state index contributed by atoms with van der Waals surface area (Å²) < 4.78 is 5.93. The molecule has 1 atom stereocenters. The molecule has 0 aromatic heterocycles. The van der Waals surface area contributed by atoms with Gasteiger partial charge in [-0.15, -0.1) is 0 Å². The van der Waals surface area contributed by atoms with Crippen molar-refractivity contribution in [2.75, 3.05) is 11.9 Å². The van der Waals surface area contributed by atoms with E-state index in [-0.39, 0.29) is 5.54 Å². The van der Waals surface area contributed by atoms with Crippen LogP contribution in [0.3, 0.4) is 0 Å². The lowest BCUT2D eigenvalue weighted by Gasteiger charge is -2.35. The average molecular weight is 377 g/mol. The summed E-state index contributed by atoms with van der Waals surface area (Å²) in [6.45, 7) is 3.03. The number of ether oxygens (including phenoxy) is 1. The van der Waals surface area contributed by atoms with Crippen molar-refractivity contribution in [3.63, 3.8) is 0 Å². The largest absolute Gasteiger partial charge is 0.494 e. The lowest BCUT2D eigenvalue weighted by molar-refractivity contribution is 0.304. The fraction of sp³-hybridized carbons (Fsp3) is 0.360. The summed E-state index contributed by atoms with van der Waals surface area (Å²) in [5, 5.41) is 3.69. The van der Waals surface area contributed by atoms with Crippen molar-refractivity contribution in [3.05, 3.63) is 84.1 Å². The van der Waals surface area contributed by atoms with E-state index in [0.29, 0.717) is 0 Å². The summed E-state index contributed by atoms with van der Waals surface area (Å²) >= 11 is 0. The molecule has 3 N–H and O–H groups in total. The Kier molecular flexibility index (Phi) is 7.18. The summed E-state index contributed by atoms with van der Waals surface area (Å²) in [6.07, 6.45) is 13.3. The minimum atomic E-state index is -0.303. The number of anilines is 1. The van der Waals surface area contributed by atoms with Gasteiger partial charge in [-0.05, 0) is 48.7 Å². The summed E-state index contributed by atoms with van der Waals surface area (Å²) in [7, 11) is 0. The number of benzene rings is 2. The van der Waals surface area contributed by atoms with Crippen LogP contribution in [0.1, 0.15) is 51.0 Å². The van der Waals surface area contributed by atoms with Crippen LogP contribution in [0.5, 0.6) is 5.75 Å². The summed E-state index contributed by atoms with van der Waals surface area (Å²) in [4.78, 5) is 0. The molecule has 148 valence electrons. The molecule has 3 rings (SSSR count). The number of nitrogens with one attached hydrogen (secondary N) is 1. The van der Waals surface area contributed by atoms with Gasteiger partial charge in [0.25, 0.3) is 0 Å². The monoisotopic (exact) mass is 376 g/mol. The number of hydrogen-bond donors (Lipinski definition) is 2. The first-order valence-corrected chi connectivity index (χ1v) is 10.4. The van der Waals surface area contributed by atoms with Gasteiger partial charge in [0.2, 0.25) is 0 Å². The van der Waals surface area contributed by atoms with Crippen molar-refractivity contribution < 1.29 is 4.74 Å². The Morgan fingerprint density at radius 3 is 2.39 bits per heavy atom. The molecular formula is C25H32N2O. The zero-order chi connectivity index (χ0) is 19.7. The molecule has 2 aromatic carbocycles. The Morgan fingerprint density at radius 2 is 1.71 bits per heavy atom. The van der Waals surface area contributed by atoms with Gasteiger partial charge < -0.3 is 15.8 Å². The number of nitrogens with two attached hydrogens (primary N) is 1. The van der Waals surface area contributed by atoms with Crippen LogP contribution in [0.15, 0.2) is 78.5 Å². The first kappa shape index (κ1) is 20.1. The lowest BCUT2D eigenvalue weighted by atomic mass is 9.83. The lowest BCUT2D eigenvalue weighted by Crippen LogP contribution is -2.34. The predicted molar refractivity (Wildman–Crippen MR) is 118 cm³/mol. The van der Waals surface area contributed by atoms with Crippen LogP contribution >= 0.6 is 0 Å². The summed E-state index contributed by atoms with van der Waals surface area (Å²) in [5.74, 6) is 0.934. The van der Waals surface area contributed by atoms with Gasteiger partial charge in [-0.1, -0.05) is 75.1 Å². The second kappa shape index (κ2) is 10.0. The molecule has 3 nitrogen and oxygen atoms in total. The van der Waals surface area contributed by atoms with E-state index in [0.717, 1.165) is 36.6 Å². The van der Waals surface area contributed by atoms with E-state index >= 15 is 0 Å². The van der Waals surface area contributed by atoms with Gasteiger partial charge in [0, 0.05) is 11.4 Å². The molecule has 0 bridgehead atoms. The Hall–Kier alpha value is -2.68. The Balaban J connectivity index is 1.67. The van der Waals surface area contributed by atoms with Gasteiger partial charge in [0.05, 0.1) is 12.1 Å². The van der Waals surface area contributed by atoms with Crippen LogP contribution in [0.4, 0.5) is 5.69 Å². The molecule has 0 saturated heterocycles. The van der Waals surface area contributed by atoms with Crippen LogP contribution in [-0.4, -0.2) is 6.61 Å². The molecule has 2 aromatic rings. The topological polar surface area (TPSA) is 47.3 Å². The zero-order valence-electron chi connectivity index (χ0n) is 16.9. The molecule has 0 heterocycles. The molecular weight excluding hydrogens is 344 g/mol. The van der Waals surface area contributed by atoms with E-state index in [1.165, 1.54) is 31.2 Å². The molecule has 0 saturated carbocycles. The van der Waals surface area contributed by atoms with E-state index in [4.69, 9.17) is 10.5 Å². The quantitative estimate of drug-likeness (QED) is 0.489. The highest BCUT2D eigenvalue weighted by Gasteiger charge is 2.30. The smallest absolute Gasteiger partial charge is 0.119 e. The molecule has 28 heavy (non-hydrogen) atoms. The molecule has 0 fully saturated rings. The fourth-order valence-corrected chi connectivity index (χ4v) is 3.56. The van der Waals surface area contributed by atoms with Crippen molar-refractivity contribution >= 4 is 5.69 Å². The number of para-hydroxylation sites is 1. The Bertz CT molecular complexity index is 780. The van der Waals surface area contributed by atoms with E-state index in [1.54, 1.807) is 0 Å². The Labute approximate surface area is 169 Å². The molecule has 0 aliphatic heterocycles. The third kappa shape index (κ3) is 5.41. The van der Waals surface area contributed by atoms with E-state index in [1.807, 2.05) is 24.3 Å². The molecule has 0 spiro atoms. The van der Waals surface area contributed by atoms with E-state index < -0.39 is 0 Å². The molecule has 1 aliphatic rings. The van der Waals surface area contributed by atoms with Gasteiger partial charge in [-0.2, -0.15) is 0 Å². The standard InChI is InChI=1S/C25H32N2O/c1-2-3-4-5-9-20-28-24-14-12-21(13-15-24)25(18-16-22(26)17-19-25)27-23-10-7-6-8-11-23/h6-8,10-18,27H,2-5,9,19-20,26H2,1H3. The third-order valence-corrected chi connectivity index (χ3v) is 5.25. The molecule has 1 unspecified atom stereocenters. The number of rotatable bonds is 10. The van der Waals surface area contributed by atoms with Crippen molar-refractivity contribution in [1.29, 1.82) is 0 Å². The highest BCUT2D eigenvalue weighted by Crippen LogP contribution is 2.35. The highest BCUT2D eigenvalue weighted by atomic mass is 16.5. The third-order valence-electron chi connectivity index (χ3n) is 5.25. The van der Waals surface area contributed by atoms with Crippen molar-refractivity contribution in [2.24, 2.45) is 5.73 Å². The molecule has 0 amide bonds. The minimum Gasteiger partial charge on any atom is -0.494 e. The molecule has 3 heteroatoms. The summed E-state index contributed by atoms with van der Waals surface area (Å²) in [5.41, 5.74) is 8.78. The average Bonchev–Trinajstić information content (AvgIpc) is 2.74. The maximum Gasteiger partial charge on any atom is 0.119 e.